The fraction of sp³-hybridized carbons (Fsp3) is 0.280. The van der Waals surface area contributed by atoms with Crippen LogP contribution in [0.25, 0.3) is 10.2 Å². The predicted octanol–water partition coefficient (Wildman–Crippen LogP) is 3.07. The van der Waals surface area contributed by atoms with Crippen LogP contribution in [0.2, 0.25) is 0 Å². The Morgan fingerprint density at radius 1 is 1.03 bits per heavy atom. The van der Waals surface area contributed by atoms with Crippen molar-refractivity contribution in [2.24, 2.45) is 0 Å². The molecule has 2 aromatic heterocycles. The lowest BCUT2D eigenvalue weighted by Crippen LogP contribution is -2.46. The van der Waals surface area contributed by atoms with E-state index in [-0.39, 0.29) is 18.4 Å². The molecule has 4 aromatic rings. The maximum atomic E-state index is 13.1. The summed E-state index contributed by atoms with van der Waals surface area (Å²) in [5, 5.41) is 1.04. The van der Waals surface area contributed by atoms with Crippen molar-refractivity contribution in [3.8, 4) is 0 Å². The predicted molar refractivity (Wildman–Crippen MR) is 129 cm³/mol. The summed E-state index contributed by atoms with van der Waals surface area (Å²) in [6.07, 6.45) is 3.33. The number of amides is 1. The van der Waals surface area contributed by atoms with Gasteiger partial charge in [0.15, 0.2) is 0 Å². The standard InChI is InChI=1S/C25H24N4O3S/c30-22-12-14-28(15-18-7-2-1-3-8-18)25(32)29(22)17-23(31)27-13-6-9-19(16-27)24-26-20-10-4-5-11-21(20)33-24/h1-5,7-8,10-12,14,19H,6,9,13,15-17H2/t19-/m1/s1. The second-order valence-electron chi connectivity index (χ2n) is 8.33. The molecular formula is C25H24N4O3S. The molecule has 0 saturated carbocycles. The van der Waals surface area contributed by atoms with Crippen LogP contribution in [0.15, 0.2) is 76.4 Å². The second-order valence-corrected chi connectivity index (χ2v) is 9.40. The molecule has 1 atom stereocenters. The van der Waals surface area contributed by atoms with Crippen LogP contribution >= 0.6 is 11.3 Å². The number of benzene rings is 2. The highest BCUT2D eigenvalue weighted by Crippen LogP contribution is 2.32. The van der Waals surface area contributed by atoms with E-state index in [2.05, 4.69) is 6.07 Å². The number of rotatable bonds is 5. The van der Waals surface area contributed by atoms with E-state index in [4.69, 9.17) is 4.98 Å². The van der Waals surface area contributed by atoms with Gasteiger partial charge in [-0.3, -0.25) is 18.7 Å². The highest BCUT2D eigenvalue weighted by molar-refractivity contribution is 7.18. The molecule has 8 heteroatoms. The largest absolute Gasteiger partial charge is 0.340 e. The zero-order chi connectivity index (χ0) is 22.8. The lowest BCUT2D eigenvalue weighted by molar-refractivity contribution is -0.133. The molecule has 1 saturated heterocycles. The first-order valence-corrected chi connectivity index (χ1v) is 11.9. The molecule has 1 fully saturated rings. The number of para-hydroxylation sites is 1. The number of aromatic nitrogens is 3. The molecule has 0 N–H and O–H groups in total. The van der Waals surface area contributed by atoms with E-state index in [1.807, 2.05) is 48.5 Å². The summed E-state index contributed by atoms with van der Waals surface area (Å²) in [5.74, 6) is -0.0418. The Kier molecular flexibility index (Phi) is 5.92. The van der Waals surface area contributed by atoms with Crippen LogP contribution in [0, 0.1) is 0 Å². The Balaban J connectivity index is 1.33. The summed E-state index contributed by atoms with van der Waals surface area (Å²) < 4.78 is 3.64. The maximum Gasteiger partial charge on any atom is 0.331 e. The van der Waals surface area contributed by atoms with E-state index in [9.17, 15) is 14.4 Å². The quantitative estimate of drug-likeness (QED) is 0.459. The molecule has 0 aliphatic carbocycles. The van der Waals surface area contributed by atoms with Crippen molar-refractivity contribution in [3.63, 3.8) is 0 Å². The van der Waals surface area contributed by atoms with E-state index in [1.165, 1.54) is 16.8 Å². The first-order chi connectivity index (χ1) is 16.1. The fourth-order valence-corrected chi connectivity index (χ4v) is 5.40. The van der Waals surface area contributed by atoms with E-state index < -0.39 is 11.2 Å². The van der Waals surface area contributed by atoms with E-state index in [0.29, 0.717) is 19.6 Å². The number of likely N-dealkylation sites (tertiary alicyclic amines) is 1. The van der Waals surface area contributed by atoms with Gasteiger partial charge in [0.2, 0.25) is 5.91 Å². The van der Waals surface area contributed by atoms with Crippen molar-refractivity contribution in [3.05, 3.63) is 98.3 Å². The van der Waals surface area contributed by atoms with Crippen LogP contribution < -0.4 is 11.2 Å². The zero-order valence-electron chi connectivity index (χ0n) is 18.1. The molecular weight excluding hydrogens is 436 g/mol. The van der Waals surface area contributed by atoms with E-state index in [0.717, 1.165) is 38.2 Å². The summed E-state index contributed by atoms with van der Waals surface area (Å²) in [7, 11) is 0. The third-order valence-electron chi connectivity index (χ3n) is 6.06. The number of thiazole rings is 1. The van der Waals surface area contributed by atoms with Gasteiger partial charge in [-0.15, -0.1) is 11.3 Å². The minimum atomic E-state index is -0.473. The smallest absolute Gasteiger partial charge is 0.331 e. The van der Waals surface area contributed by atoms with Crippen LogP contribution in [0.3, 0.4) is 0 Å². The van der Waals surface area contributed by atoms with Crippen molar-refractivity contribution in [2.45, 2.75) is 31.8 Å². The van der Waals surface area contributed by atoms with Gasteiger partial charge in [0, 0.05) is 31.3 Å². The Morgan fingerprint density at radius 2 is 1.82 bits per heavy atom. The SMILES string of the molecule is O=C(Cn1c(=O)ccn(Cc2ccccc2)c1=O)N1CCC[C@@H](c2nc3ccccc3s2)C1. The topological polar surface area (TPSA) is 77.2 Å². The van der Waals surface area contributed by atoms with Crippen molar-refractivity contribution < 1.29 is 4.79 Å². The number of carbonyl (C=O) groups excluding carboxylic acids is 1. The summed E-state index contributed by atoms with van der Waals surface area (Å²) >= 11 is 1.67. The fourth-order valence-electron chi connectivity index (χ4n) is 4.31. The molecule has 1 aliphatic rings. The van der Waals surface area contributed by atoms with E-state index >= 15 is 0 Å². The van der Waals surface area contributed by atoms with Crippen molar-refractivity contribution in [1.29, 1.82) is 0 Å². The van der Waals surface area contributed by atoms with Gasteiger partial charge in [0.05, 0.1) is 21.8 Å². The summed E-state index contributed by atoms with van der Waals surface area (Å²) in [6, 6.07) is 18.9. The lowest BCUT2D eigenvalue weighted by Gasteiger charge is -2.32. The Hall–Kier alpha value is -3.52. The van der Waals surface area contributed by atoms with Gasteiger partial charge in [0.25, 0.3) is 5.56 Å². The zero-order valence-corrected chi connectivity index (χ0v) is 18.9. The van der Waals surface area contributed by atoms with Crippen LogP contribution in [0.4, 0.5) is 0 Å². The monoisotopic (exact) mass is 460 g/mol. The number of piperidine rings is 1. The molecule has 168 valence electrons. The Morgan fingerprint density at radius 3 is 2.64 bits per heavy atom. The van der Waals surface area contributed by atoms with Crippen LogP contribution in [-0.2, 0) is 17.9 Å². The normalized spacial score (nSPS) is 16.2. The third kappa shape index (κ3) is 4.52. The van der Waals surface area contributed by atoms with Gasteiger partial charge in [-0.1, -0.05) is 42.5 Å². The van der Waals surface area contributed by atoms with Gasteiger partial charge in [-0.25, -0.2) is 9.78 Å². The van der Waals surface area contributed by atoms with E-state index in [1.54, 1.807) is 16.2 Å². The Bertz CT molecular complexity index is 1370. The van der Waals surface area contributed by atoms with Gasteiger partial charge in [-0.05, 0) is 30.5 Å². The number of carbonyl (C=O) groups is 1. The molecule has 2 aromatic carbocycles. The first-order valence-electron chi connectivity index (χ1n) is 11.1. The first kappa shape index (κ1) is 21.3. The molecule has 5 rings (SSSR count). The number of hydrogen-bond acceptors (Lipinski definition) is 5. The highest BCUT2D eigenvalue weighted by atomic mass is 32.1. The van der Waals surface area contributed by atoms with Crippen LogP contribution in [-0.4, -0.2) is 38.0 Å². The van der Waals surface area contributed by atoms with Gasteiger partial charge < -0.3 is 4.90 Å². The molecule has 0 unspecified atom stereocenters. The average Bonchev–Trinajstić information content (AvgIpc) is 3.29. The minimum Gasteiger partial charge on any atom is -0.340 e. The van der Waals surface area contributed by atoms with Gasteiger partial charge in [-0.2, -0.15) is 0 Å². The lowest BCUT2D eigenvalue weighted by atomic mass is 9.98. The average molecular weight is 461 g/mol. The number of fused-ring (bicyclic) bond motifs is 1. The molecule has 33 heavy (non-hydrogen) atoms. The third-order valence-corrected chi connectivity index (χ3v) is 7.26. The molecule has 1 aliphatic heterocycles. The molecule has 0 bridgehead atoms. The maximum absolute atomic E-state index is 13.1. The number of nitrogens with zero attached hydrogens (tertiary/aromatic N) is 4. The number of hydrogen-bond donors (Lipinski definition) is 0. The minimum absolute atomic E-state index is 0.169. The highest BCUT2D eigenvalue weighted by Gasteiger charge is 2.27. The molecule has 1 amide bonds. The molecule has 0 radical (unpaired) electrons. The Labute approximate surface area is 194 Å². The molecule has 0 spiro atoms. The summed E-state index contributed by atoms with van der Waals surface area (Å²) in [5.41, 5.74) is 0.999. The summed E-state index contributed by atoms with van der Waals surface area (Å²) in [6.45, 7) is 1.27. The van der Waals surface area contributed by atoms with Crippen molar-refractivity contribution in [1.82, 2.24) is 19.0 Å². The second kappa shape index (κ2) is 9.15. The van der Waals surface area contributed by atoms with Crippen molar-refractivity contribution in [2.75, 3.05) is 13.1 Å². The van der Waals surface area contributed by atoms with Gasteiger partial charge >= 0.3 is 5.69 Å². The molecule has 3 heterocycles. The molecule has 7 nitrogen and oxygen atoms in total. The van der Waals surface area contributed by atoms with Crippen molar-refractivity contribution >= 4 is 27.5 Å². The summed E-state index contributed by atoms with van der Waals surface area (Å²) in [4.78, 5) is 45.0. The van der Waals surface area contributed by atoms with Crippen LogP contribution in [0.1, 0.15) is 29.3 Å². The van der Waals surface area contributed by atoms with Crippen LogP contribution in [0.5, 0.6) is 0 Å². The van der Waals surface area contributed by atoms with Gasteiger partial charge in [0.1, 0.15) is 6.54 Å².